The fraction of sp³-hybridized carbons (Fsp3) is 0.520. The summed E-state index contributed by atoms with van der Waals surface area (Å²) in [5.74, 6) is 3.09. The topological polar surface area (TPSA) is 77.0 Å². The molecule has 1 aliphatic carbocycles. The van der Waals surface area contributed by atoms with Gasteiger partial charge in [0.05, 0.1) is 26.4 Å². The molecule has 172 valence electrons. The van der Waals surface area contributed by atoms with Gasteiger partial charge < -0.3 is 24.8 Å². The normalized spacial score (nSPS) is 18.4. The fourth-order valence-corrected chi connectivity index (χ4v) is 3.47. The van der Waals surface area contributed by atoms with Gasteiger partial charge in [-0.05, 0) is 49.8 Å². The van der Waals surface area contributed by atoms with Crippen LogP contribution in [-0.2, 0) is 17.8 Å². The Bertz CT molecular complexity index is 891. The first-order chi connectivity index (χ1) is 15.7. The minimum Gasteiger partial charge on any atom is -0.488 e. The van der Waals surface area contributed by atoms with Crippen molar-refractivity contribution in [2.45, 2.75) is 52.3 Å². The number of hydrogen-bond donors (Lipinski definition) is 2. The molecule has 2 fully saturated rings. The Balaban J connectivity index is 1.34. The molecule has 2 N–H and O–H groups in total. The molecule has 1 saturated carbocycles. The largest absolute Gasteiger partial charge is 0.488 e. The molecule has 0 bridgehead atoms. The third-order valence-corrected chi connectivity index (χ3v) is 5.58. The first kappa shape index (κ1) is 22.4. The Hall–Kier alpha value is -2.80. The lowest BCUT2D eigenvalue weighted by molar-refractivity contribution is 0.140. The lowest BCUT2D eigenvalue weighted by Crippen LogP contribution is -2.37. The monoisotopic (exact) mass is 438 g/mol. The molecule has 1 unspecified atom stereocenters. The summed E-state index contributed by atoms with van der Waals surface area (Å²) in [5, 5.41) is 6.74. The molecule has 2 aliphatic rings. The molecule has 7 heteroatoms. The van der Waals surface area contributed by atoms with Crippen LogP contribution in [0.1, 0.15) is 42.9 Å². The van der Waals surface area contributed by atoms with E-state index < -0.39 is 0 Å². The predicted octanol–water partition coefficient (Wildman–Crippen LogP) is 3.60. The first-order valence-electron chi connectivity index (χ1n) is 11.6. The third-order valence-electron chi connectivity index (χ3n) is 5.58. The van der Waals surface area contributed by atoms with Crippen LogP contribution in [0.3, 0.4) is 0 Å². The number of nitrogens with one attached hydrogen (secondary N) is 2. The van der Waals surface area contributed by atoms with Crippen molar-refractivity contribution in [1.82, 2.24) is 15.6 Å². The number of ether oxygens (including phenoxy) is 3. The van der Waals surface area contributed by atoms with E-state index >= 15 is 0 Å². The molecule has 1 aromatic carbocycles. The maximum absolute atomic E-state index is 6.21. The van der Waals surface area contributed by atoms with Crippen LogP contribution in [0.4, 0.5) is 0 Å². The van der Waals surface area contributed by atoms with Gasteiger partial charge in [-0.2, -0.15) is 0 Å². The lowest BCUT2D eigenvalue weighted by atomic mass is 10.1. The molecule has 32 heavy (non-hydrogen) atoms. The van der Waals surface area contributed by atoms with Gasteiger partial charge in [0.15, 0.2) is 5.96 Å². The number of aliphatic imine (C=N–C) groups is 1. The van der Waals surface area contributed by atoms with Crippen LogP contribution in [0.5, 0.6) is 11.6 Å². The molecule has 0 amide bonds. The molecule has 1 saturated heterocycles. The van der Waals surface area contributed by atoms with Gasteiger partial charge in [-0.3, -0.25) is 0 Å². The second kappa shape index (κ2) is 11.2. The minimum atomic E-state index is 0.126. The Morgan fingerprint density at radius 1 is 1.19 bits per heavy atom. The van der Waals surface area contributed by atoms with E-state index in [1.165, 1.54) is 18.4 Å². The maximum atomic E-state index is 6.21. The number of hydrogen-bond acceptors (Lipinski definition) is 5. The molecule has 2 heterocycles. The molecule has 0 spiro atoms. The molecule has 1 aliphatic heterocycles. The van der Waals surface area contributed by atoms with Crippen molar-refractivity contribution < 1.29 is 14.2 Å². The molecule has 0 radical (unpaired) electrons. The summed E-state index contributed by atoms with van der Waals surface area (Å²) in [6, 6.07) is 10.3. The van der Waals surface area contributed by atoms with Crippen LogP contribution in [-0.4, -0.2) is 43.4 Å². The van der Waals surface area contributed by atoms with Gasteiger partial charge in [0.2, 0.25) is 5.88 Å². The van der Waals surface area contributed by atoms with Crippen LogP contribution < -0.4 is 20.1 Å². The van der Waals surface area contributed by atoms with Gasteiger partial charge in [0.25, 0.3) is 0 Å². The van der Waals surface area contributed by atoms with Crippen LogP contribution in [0, 0.1) is 12.8 Å². The number of nitrogens with zero attached hydrogens (tertiary/aromatic N) is 2. The highest BCUT2D eigenvalue weighted by Gasteiger charge is 2.22. The van der Waals surface area contributed by atoms with E-state index in [4.69, 9.17) is 19.2 Å². The first-order valence-corrected chi connectivity index (χ1v) is 11.6. The van der Waals surface area contributed by atoms with E-state index in [-0.39, 0.29) is 6.10 Å². The average molecular weight is 439 g/mol. The van der Waals surface area contributed by atoms with Crippen LogP contribution in [0.15, 0.2) is 41.5 Å². The van der Waals surface area contributed by atoms with Crippen LogP contribution >= 0.6 is 0 Å². The predicted molar refractivity (Wildman–Crippen MR) is 125 cm³/mol. The van der Waals surface area contributed by atoms with Gasteiger partial charge in [0, 0.05) is 37.3 Å². The summed E-state index contributed by atoms with van der Waals surface area (Å²) >= 11 is 0. The Kier molecular flexibility index (Phi) is 7.82. The molecule has 1 atom stereocenters. The molecule has 1 aromatic heterocycles. The van der Waals surface area contributed by atoms with E-state index in [2.05, 4.69) is 47.7 Å². The van der Waals surface area contributed by atoms with E-state index in [1.807, 2.05) is 18.3 Å². The van der Waals surface area contributed by atoms with Gasteiger partial charge in [-0.15, -0.1) is 0 Å². The highest BCUT2D eigenvalue weighted by atomic mass is 16.5. The Morgan fingerprint density at radius 3 is 2.81 bits per heavy atom. The SMILES string of the molecule is CCNC(=NCc1ccc(OCC2CC2)nc1)NCc1ccc(C)cc1OC1CCOC1. The number of rotatable bonds is 10. The number of aryl methyl sites for hydroxylation is 1. The fourth-order valence-electron chi connectivity index (χ4n) is 3.47. The molecule has 7 nitrogen and oxygen atoms in total. The van der Waals surface area contributed by atoms with Crippen molar-refractivity contribution >= 4 is 5.96 Å². The van der Waals surface area contributed by atoms with Crippen molar-refractivity contribution in [2.24, 2.45) is 10.9 Å². The summed E-state index contributed by atoms with van der Waals surface area (Å²) in [4.78, 5) is 9.12. The number of guanidine groups is 1. The number of aromatic nitrogens is 1. The number of pyridine rings is 1. The van der Waals surface area contributed by atoms with Crippen molar-refractivity contribution in [3.05, 3.63) is 53.2 Å². The Morgan fingerprint density at radius 2 is 2.09 bits per heavy atom. The summed E-state index contributed by atoms with van der Waals surface area (Å²) in [6.45, 7) is 8.30. The van der Waals surface area contributed by atoms with Crippen LogP contribution in [0.2, 0.25) is 0 Å². The molecular weight excluding hydrogens is 404 g/mol. The zero-order valence-corrected chi connectivity index (χ0v) is 19.1. The second-order valence-corrected chi connectivity index (χ2v) is 8.52. The molecule has 2 aromatic rings. The minimum absolute atomic E-state index is 0.126. The molecular formula is C25H34N4O3. The summed E-state index contributed by atoms with van der Waals surface area (Å²) < 4.78 is 17.4. The Labute approximate surface area is 190 Å². The molecule has 4 rings (SSSR count). The zero-order chi connectivity index (χ0) is 22.2. The van der Waals surface area contributed by atoms with E-state index in [0.717, 1.165) is 54.9 Å². The van der Waals surface area contributed by atoms with Crippen LogP contribution in [0.25, 0.3) is 0 Å². The summed E-state index contributed by atoms with van der Waals surface area (Å²) in [5.41, 5.74) is 3.33. The average Bonchev–Trinajstić information content (AvgIpc) is 3.50. The summed E-state index contributed by atoms with van der Waals surface area (Å²) in [7, 11) is 0. The zero-order valence-electron chi connectivity index (χ0n) is 19.1. The van der Waals surface area contributed by atoms with Gasteiger partial charge in [0.1, 0.15) is 11.9 Å². The van der Waals surface area contributed by atoms with E-state index in [0.29, 0.717) is 25.6 Å². The highest BCUT2D eigenvalue weighted by molar-refractivity contribution is 5.79. The van der Waals surface area contributed by atoms with Gasteiger partial charge >= 0.3 is 0 Å². The summed E-state index contributed by atoms with van der Waals surface area (Å²) in [6.07, 6.45) is 5.45. The van der Waals surface area contributed by atoms with Crippen molar-refractivity contribution in [3.63, 3.8) is 0 Å². The maximum Gasteiger partial charge on any atom is 0.213 e. The van der Waals surface area contributed by atoms with Gasteiger partial charge in [-0.1, -0.05) is 18.2 Å². The van der Waals surface area contributed by atoms with Crippen molar-refractivity contribution in [2.75, 3.05) is 26.4 Å². The van der Waals surface area contributed by atoms with E-state index in [1.54, 1.807) is 0 Å². The van der Waals surface area contributed by atoms with E-state index in [9.17, 15) is 0 Å². The van der Waals surface area contributed by atoms with Gasteiger partial charge in [-0.25, -0.2) is 9.98 Å². The standard InChI is InChI=1S/C25H34N4O3/c1-3-26-25(28-14-20-7-9-24(27-13-20)31-16-19-5-6-19)29-15-21-8-4-18(2)12-23(21)32-22-10-11-30-17-22/h4,7-9,12-13,19,22H,3,5-6,10-11,14-17H2,1-2H3,(H2,26,28,29). The van der Waals surface area contributed by atoms with Crippen molar-refractivity contribution in [1.29, 1.82) is 0 Å². The second-order valence-electron chi connectivity index (χ2n) is 8.52. The lowest BCUT2D eigenvalue weighted by Gasteiger charge is -2.18. The quantitative estimate of drug-likeness (QED) is 0.436. The highest BCUT2D eigenvalue weighted by Crippen LogP contribution is 2.29. The third kappa shape index (κ3) is 6.85. The van der Waals surface area contributed by atoms with Crippen molar-refractivity contribution in [3.8, 4) is 11.6 Å². The smallest absolute Gasteiger partial charge is 0.213 e. The number of benzene rings is 1.